The molecule has 5 nitrogen and oxygen atoms in total. The number of rotatable bonds is 5. The molecule has 1 rings (SSSR count). The summed E-state index contributed by atoms with van der Waals surface area (Å²) in [6.45, 7) is 6.80. The second kappa shape index (κ2) is 6.18. The molecule has 0 aromatic carbocycles. The van der Waals surface area contributed by atoms with Gasteiger partial charge in [0, 0.05) is 0 Å². The fraction of sp³-hybridized carbons (Fsp3) is 0.846. The zero-order valence-corrected chi connectivity index (χ0v) is 11.5. The van der Waals surface area contributed by atoms with E-state index in [4.69, 9.17) is 5.11 Å². The monoisotopic (exact) mass is 256 g/mol. The normalized spacial score (nSPS) is 24.3. The summed E-state index contributed by atoms with van der Waals surface area (Å²) in [5.41, 5.74) is -0.127. The van der Waals surface area contributed by atoms with Crippen LogP contribution in [-0.2, 0) is 9.59 Å². The molecule has 0 aliphatic carbocycles. The van der Waals surface area contributed by atoms with Crippen molar-refractivity contribution in [2.24, 2.45) is 5.41 Å². The van der Waals surface area contributed by atoms with Crippen LogP contribution in [0.25, 0.3) is 0 Å². The molecule has 1 saturated heterocycles. The third kappa shape index (κ3) is 3.70. The van der Waals surface area contributed by atoms with Gasteiger partial charge in [0.05, 0.1) is 6.04 Å². The highest BCUT2D eigenvalue weighted by Crippen LogP contribution is 2.30. The maximum atomic E-state index is 12.2. The SMILES string of the molecule is CCC[C@H](NC(=O)C1NCCCC1(C)C)C(=O)O. The Hall–Kier alpha value is -1.10. The Morgan fingerprint density at radius 3 is 2.67 bits per heavy atom. The van der Waals surface area contributed by atoms with Gasteiger partial charge in [-0.1, -0.05) is 27.2 Å². The molecule has 2 atom stereocenters. The summed E-state index contributed by atoms with van der Waals surface area (Å²) in [7, 11) is 0. The number of carbonyl (C=O) groups excluding carboxylic acids is 1. The molecule has 1 heterocycles. The zero-order valence-electron chi connectivity index (χ0n) is 11.5. The molecule has 1 fully saturated rings. The number of amides is 1. The lowest BCUT2D eigenvalue weighted by molar-refractivity contribution is -0.143. The molecule has 0 spiro atoms. The van der Waals surface area contributed by atoms with Gasteiger partial charge < -0.3 is 15.7 Å². The van der Waals surface area contributed by atoms with Gasteiger partial charge in [-0.05, 0) is 31.2 Å². The fourth-order valence-electron chi connectivity index (χ4n) is 2.46. The van der Waals surface area contributed by atoms with E-state index in [1.54, 1.807) is 0 Å². The number of piperidine rings is 1. The number of nitrogens with one attached hydrogen (secondary N) is 2. The first-order valence-electron chi connectivity index (χ1n) is 6.65. The average molecular weight is 256 g/mol. The maximum Gasteiger partial charge on any atom is 0.326 e. The van der Waals surface area contributed by atoms with Gasteiger partial charge in [0.1, 0.15) is 6.04 Å². The standard InChI is InChI=1S/C13H24N2O3/c1-4-6-9(12(17)18)15-11(16)10-13(2,3)7-5-8-14-10/h9-10,14H,4-8H2,1-3H3,(H,15,16)(H,17,18)/t9-,10?/m0/s1. The van der Waals surface area contributed by atoms with Crippen molar-refractivity contribution in [1.29, 1.82) is 0 Å². The van der Waals surface area contributed by atoms with Crippen molar-refractivity contribution >= 4 is 11.9 Å². The summed E-state index contributed by atoms with van der Waals surface area (Å²) >= 11 is 0. The molecule has 0 bridgehead atoms. The number of carboxylic acids is 1. The Bertz CT molecular complexity index is 315. The van der Waals surface area contributed by atoms with Crippen LogP contribution in [0.15, 0.2) is 0 Å². The van der Waals surface area contributed by atoms with Crippen molar-refractivity contribution in [3.63, 3.8) is 0 Å². The van der Waals surface area contributed by atoms with Crippen LogP contribution in [0.3, 0.4) is 0 Å². The van der Waals surface area contributed by atoms with Crippen LogP contribution >= 0.6 is 0 Å². The quantitative estimate of drug-likeness (QED) is 0.689. The second-order valence-electron chi connectivity index (χ2n) is 5.67. The zero-order chi connectivity index (χ0) is 13.8. The van der Waals surface area contributed by atoms with E-state index in [2.05, 4.69) is 10.6 Å². The van der Waals surface area contributed by atoms with Gasteiger partial charge in [-0.2, -0.15) is 0 Å². The minimum atomic E-state index is -0.959. The third-order valence-corrected chi connectivity index (χ3v) is 3.58. The Kier molecular flexibility index (Phi) is 5.14. The fourth-order valence-corrected chi connectivity index (χ4v) is 2.46. The smallest absolute Gasteiger partial charge is 0.326 e. The van der Waals surface area contributed by atoms with E-state index in [1.807, 2.05) is 20.8 Å². The molecule has 104 valence electrons. The Morgan fingerprint density at radius 1 is 1.50 bits per heavy atom. The summed E-state index contributed by atoms with van der Waals surface area (Å²) in [4.78, 5) is 23.2. The maximum absolute atomic E-state index is 12.2. The minimum Gasteiger partial charge on any atom is -0.480 e. The average Bonchev–Trinajstić information content (AvgIpc) is 2.27. The molecule has 0 aromatic heterocycles. The largest absolute Gasteiger partial charge is 0.480 e. The highest BCUT2D eigenvalue weighted by atomic mass is 16.4. The molecule has 5 heteroatoms. The lowest BCUT2D eigenvalue weighted by Gasteiger charge is -2.38. The van der Waals surface area contributed by atoms with Crippen LogP contribution < -0.4 is 10.6 Å². The summed E-state index contributed by atoms with van der Waals surface area (Å²) in [6.07, 6.45) is 3.23. The van der Waals surface area contributed by atoms with Gasteiger partial charge in [0.15, 0.2) is 0 Å². The van der Waals surface area contributed by atoms with Crippen molar-refractivity contribution in [3.05, 3.63) is 0 Å². The van der Waals surface area contributed by atoms with Crippen LogP contribution in [0.2, 0.25) is 0 Å². The van der Waals surface area contributed by atoms with Gasteiger partial charge in [-0.3, -0.25) is 4.79 Å². The van der Waals surface area contributed by atoms with Crippen molar-refractivity contribution in [1.82, 2.24) is 10.6 Å². The summed E-state index contributed by atoms with van der Waals surface area (Å²) in [5, 5.41) is 14.9. The molecule has 0 aromatic rings. The molecule has 1 aliphatic rings. The van der Waals surface area contributed by atoms with Crippen LogP contribution in [0.4, 0.5) is 0 Å². The highest BCUT2D eigenvalue weighted by Gasteiger charge is 2.38. The summed E-state index contributed by atoms with van der Waals surface area (Å²) < 4.78 is 0. The van der Waals surface area contributed by atoms with E-state index in [1.165, 1.54) is 0 Å². The van der Waals surface area contributed by atoms with Crippen molar-refractivity contribution in [2.45, 2.75) is 58.5 Å². The Balaban J connectivity index is 2.65. The molecular weight excluding hydrogens is 232 g/mol. The first-order valence-corrected chi connectivity index (χ1v) is 6.65. The Morgan fingerprint density at radius 2 is 2.17 bits per heavy atom. The molecule has 3 N–H and O–H groups in total. The minimum absolute atomic E-state index is 0.127. The van der Waals surface area contributed by atoms with E-state index in [0.29, 0.717) is 6.42 Å². The van der Waals surface area contributed by atoms with Crippen LogP contribution in [0.5, 0.6) is 0 Å². The molecular formula is C13H24N2O3. The lowest BCUT2D eigenvalue weighted by atomic mass is 9.77. The molecule has 0 saturated carbocycles. The van der Waals surface area contributed by atoms with Crippen LogP contribution in [-0.4, -0.2) is 35.6 Å². The summed E-state index contributed by atoms with van der Waals surface area (Å²) in [6, 6.07) is -1.08. The second-order valence-corrected chi connectivity index (χ2v) is 5.67. The van der Waals surface area contributed by atoms with Gasteiger partial charge in [-0.25, -0.2) is 4.79 Å². The van der Waals surface area contributed by atoms with E-state index in [0.717, 1.165) is 25.8 Å². The number of hydrogen-bond acceptors (Lipinski definition) is 3. The van der Waals surface area contributed by atoms with Gasteiger partial charge in [-0.15, -0.1) is 0 Å². The van der Waals surface area contributed by atoms with Gasteiger partial charge >= 0.3 is 5.97 Å². The van der Waals surface area contributed by atoms with E-state index >= 15 is 0 Å². The topological polar surface area (TPSA) is 78.4 Å². The predicted octanol–water partition coefficient (Wildman–Crippen LogP) is 1.13. The first-order chi connectivity index (χ1) is 8.38. The van der Waals surface area contributed by atoms with Crippen LogP contribution in [0.1, 0.15) is 46.5 Å². The van der Waals surface area contributed by atoms with E-state index in [9.17, 15) is 9.59 Å². The van der Waals surface area contributed by atoms with E-state index < -0.39 is 12.0 Å². The van der Waals surface area contributed by atoms with Gasteiger partial charge in [0.25, 0.3) is 0 Å². The predicted molar refractivity (Wildman–Crippen MR) is 69.3 cm³/mol. The van der Waals surface area contributed by atoms with E-state index in [-0.39, 0.29) is 17.4 Å². The van der Waals surface area contributed by atoms with Crippen molar-refractivity contribution in [2.75, 3.05) is 6.54 Å². The molecule has 1 aliphatic heterocycles. The molecule has 1 amide bonds. The third-order valence-electron chi connectivity index (χ3n) is 3.58. The lowest BCUT2D eigenvalue weighted by Crippen LogP contribution is -2.58. The molecule has 0 radical (unpaired) electrons. The molecule has 18 heavy (non-hydrogen) atoms. The number of carbonyl (C=O) groups is 2. The first kappa shape index (κ1) is 15.0. The number of aliphatic carboxylic acids is 1. The molecule has 1 unspecified atom stereocenters. The van der Waals surface area contributed by atoms with Crippen molar-refractivity contribution in [3.8, 4) is 0 Å². The Labute approximate surface area is 108 Å². The van der Waals surface area contributed by atoms with Crippen molar-refractivity contribution < 1.29 is 14.7 Å². The van der Waals surface area contributed by atoms with Gasteiger partial charge in [0.2, 0.25) is 5.91 Å². The highest BCUT2D eigenvalue weighted by molar-refractivity contribution is 5.87. The van der Waals surface area contributed by atoms with Crippen LogP contribution in [0, 0.1) is 5.41 Å². The summed E-state index contributed by atoms with van der Waals surface area (Å²) in [5.74, 6) is -1.15. The number of carboxylic acid groups (broad SMARTS) is 1. The number of hydrogen-bond donors (Lipinski definition) is 3.